The molecule has 0 unspecified atom stereocenters. The molecule has 0 heterocycles. The van der Waals surface area contributed by atoms with Gasteiger partial charge in [0.25, 0.3) is 0 Å². The summed E-state index contributed by atoms with van der Waals surface area (Å²) in [6.07, 6.45) is 0. The van der Waals surface area contributed by atoms with Crippen molar-refractivity contribution in [1.82, 2.24) is 0 Å². The van der Waals surface area contributed by atoms with Gasteiger partial charge in [-0.05, 0) is 81.0 Å². The third kappa shape index (κ3) is 1.58. The lowest BCUT2D eigenvalue weighted by atomic mass is 9.94. The molecule has 3 rings (SSSR count). The van der Waals surface area contributed by atoms with Gasteiger partial charge in [0.1, 0.15) is 0 Å². The molecule has 0 aliphatic rings. The van der Waals surface area contributed by atoms with Crippen molar-refractivity contribution in [3.05, 3.63) is 57.6 Å². The lowest BCUT2D eigenvalue weighted by Gasteiger charge is -2.13. The fourth-order valence-electron chi connectivity index (χ4n) is 2.64. The maximum atomic E-state index is 3.79. The van der Waals surface area contributed by atoms with E-state index in [0.717, 1.165) is 0 Å². The highest BCUT2D eigenvalue weighted by Crippen LogP contribution is 2.36. The van der Waals surface area contributed by atoms with E-state index in [1.165, 1.54) is 42.7 Å². The Labute approximate surface area is 116 Å². The highest BCUT2D eigenvalue weighted by molar-refractivity contribution is 9.10. The molecule has 0 spiro atoms. The molecule has 0 saturated carbocycles. The molecule has 0 amide bonds. The summed E-state index contributed by atoms with van der Waals surface area (Å²) in [5, 5.41) is 5.24. The van der Waals surface area contributed by atoms with E-state index in [9.17, 15) is 0 Å². The van der Waals surface area contributed by atoms with Gasteiger partial charge in [0, 0.05) is 4.47 Å². The molecule has 0 nitrogen and oxygen atoms in total. The Hall–Kier alpha value is -1.34. The van der Waals surface area contributed by atoms with Crippen LogP contribution in [-0.2, 0) is 0 Å². The van der Waals surface area contributed by atoms with Crippen LogP contribution in [0.25, 0.3) is 21.5 Å². The lowest BCUT2D eigenvalue weighted by Crippen LogP contribution is -1.90. The number of benzene rings is 3. The Kier molecular flexibility index (Phi) is 2.67. The van der Waals surface area contributed by atoms with Crippen LogP contribution in [0.1, 0.15) is 16.7 Å². The quantitative estimate of drug-likeness (QED) is 0.468. The van der Waals surface area contributed by atoms with Gasteiger partial charge in [-0.1, -0.05) is 30.3 Å². The minimum atomic E-state index is 1.22. The van der Waals surface area contributed by atoms with Gasteiger partial charge in [-0.15, -0.1) is 0 Å². The van der Waals surface area contributed by atoms with E-state index in [4.69, 9.17) is 0 Å². The van der Waals surface area contributed by atoms with Crippen molar-refractivity contribution in [3.63, 3.8) is 0 Å². The average Bonchev–Trinajstić information content (AvgIpc) is 2.36. The highest BCUT2D eigenvalue weighted by Gasteiger charge is 2.10. The first kappa shape index (κ1) is 11.7. The van der Waals surface area contributed by atoms with Crippen LogP contribution in [0.15, 0.2) is 40.9 Å². The topological polar surface area (TPSA) is 0 Å². The summed E-state index contributed by atoms with van der Waals surface area (Å²) in [4.78, 5) is 0. The lowest BCUT2D eigenvalue weighted by molar-refractivity contribution is 1.30. The summed E-state index contributed by atoms with van der Waals surface area (Å²) in [5.41, 5.74) is 4.13. The molecule has 0 fully saturated rings. The van der Waals surface area contributed by atoms with Gasteiger partial charge in [-0.3, -0.25) is 0 Å². The molecule has 0 N–H and O–H groups in total. The molecular weight excluding hydrogens is 284 g/mol. The van der Waals surface area contributed by atoms with Gasteiger partial charge in [0.15, 0.2) is 0 Å². The fraction of sp³-hybridized carbons (Fsp3) is 0.176. The molecule has 0 bridgehead atoms. The zero-order chi connectivity index (χ0) is 12.9. The number of fused-ring (bicyclic) bond motifs is 2. The van der Waals surface area contributed by atoms with Crippen LogP contribution in [0.2, 0.25) is 0 Å². The Morgan fingerprint density at radius 1 is 0.833 bits per heavy atom. The summed E-state index contributed by atoms with van der Waals surface area (Å²) in [6.45, 7) is 6.60. The van der Waals surface area contributed by atoms with Crippen LogP contribution in [-0.4, -0.2) is 0 Å². The third-order valence-electron chi connectivity index (χ3n) is 3.92. The molecule has 3 aromatic carbocycles. The molecule has 0 aliphatic heterocycles. The zero-order valence-corrected chi connectivity index (χ0v) is 12.4. The van der Waals surface area contributed by atoms with Crippen LogP contribution < -0.4 is 0 Å². The van der Waals surface area contributed by atoms with E-state index < -0.39 is 0 Å². The van der Waals surface area contributed by atoms with Crippen molar-refractivity contribution in [1.29, 1.82) is 0 Å². The number of aryl methyl sites for hydroxylation is 2. The van der Waals surface area contributed by atoms with Crippen molar-refractivity contribution in [2.45, 2.75) is 20.8 Å². The Bertz CT molecular complexity index is 770. The second-order valence-corrected chi connectivity index (χ2v) is 5.75. The first-order chi connectivity index (χ1) is 8.59. The predicted molar refractivity (Wildman–Crippen MR) is 83.4 cm³/mol. The van der Waals surface area contributed by atoms with Gasteiger partial charge in [-0.25, -0.2) is 0 Å². The predicted octanol–water partition coefficient (Wildman–Crippen LogP) is 5.68. The van der Waals surface area contributed by atoms with Crippen LogP contribution in [0.5, 0.6) is 0 Å². The molecule has 90 valence electrons. The molecule has 18 heavy (non-hydrogen) atoms. The van der Waals surface area contributed by atoms with Gasteiger partial charge in [0.05, 0.1) is 0 Å². The monoisotopic (exact) mass is 298 g/mol. The van der Waals surface area contributed by atoms with Crippen molar-refractivity contribution in [3.8, 4) is 0 Å². The maximum Gasteiger partial charge on any atom is 0.0334 e. The molecule has 0 atom stereocenters. The first-order valence-electron chi connectivity index (χ1n) is 6.17. The van der Waals surface area contributed by atoms with Gasteiger partial charge in [0.2, 0.25) is 0 Å². The van der Waals surface area contributed by atoms with Crippen molar-refractivity contribution >= 4 is 37.5 Å². The number of halogens is 1. The molecule has 1 heteroatoms. The van der Waals surface area contributed by atoms with Crippen molar-refractivity contribution in [2.75, 3.05) is 0 Å². The second-order valence-electron chi connectivity index (χ2n) is 4.95. The van der Waals surface area contributed by atoms with Crippen molar-refractivity contribution in [2.24, 2.45) is 0 Å². The standard InChI is InChI=1S/C17H15Br/c1-10-8-14-9-13-6-4-5-7-15(13)17(18)16(14)12(3)11(10)2/h4-9H,1-3H3. The Balaban J connectivity index is 2.61. The second kappa shape index (κ2) is 4.10. The summed E-state index contributed by atoms with van der Waals surface area (Å²) < 4.78 is 1.22. The van der Waals surface area contributed by atoms with E-state index >= 15 is 0 Å². The minimum absolute atomic E-state index is 1.22. The molecule has 0 aliphatic carbocycles. The fourth-order valence-corrected chi connectivity index (χ4v) is 3.53. The smallest absolute Gasteiger partial charge is 0.0334 e. The van der Waals surface area contributed by atoms with E-state index in [-0.39, 0.29) is 0 Å². The SMILES string of the molecule is Cc1cc2cc3ccccc3c(Br)c2c(C)c1C. The minimum Gasteiger partial charge on any atom is -0.0616 e. The normalized spacial score (nSPS) is 11.3. The number of hydrogen-bond donors (Lipinski definition) is 0. The summed E-state index contributed by atoms with van der Waals surface area (Å²) in [6, 6.07) is 13.1. The largest absolute Gasteiger partial charge is 0.0616 e. The molecule has 0 aromatic heterocycles. The van der Waals surface area contributed by atoms with E-state index in [0.29, 0.717) is 0 Å². The maximum absolute atomic E-state index is 3.79. The highest BCUT2D eigenvalue weighted by atomic mass is 79.9. The Morgan fingerprint density at radius 3 is 2.33 bits per heavy atom. The number of rotatable bonds is 0. The summed E-state index contributed by atoms with van der Waals surface area (Å²) in [7, 11) is 0. The Morgan fingerprint density at radius 2 is 1.56 bits per heavy atom. The van der Waals surface area contributed by atoms with Crippen LogP contribution in [0, 0.1) is 20.8 Å². The van der Waals surface area contributed by atoms with Crippen LogP contribution in [0.4, 0.5) is 0 Å². The van der Waals surface area contributed by atoms with Crippen LogP contribution >= 0.6 is 15.9 Å². The van der Waals surface area contributed by atoms with Gasteiger partial charge >= 0.3 is 0 Å². The van der Waals surface area contributed by atoms with E-state index in [2.05, 4.69) is 73.1 Å². The average molecular weight is 299 g/mol. The molecule has 0 saturated heterocycles. The summed E-state index contributed by atoms with van der Waals surface area (Å²) in [5.74, 6) is 0. The molecule has 0 radical (unpaired) electrons. The van der Waals surface area contributed by atoms with E-state index in [1.54, 1.807) is 0 Å². The molecule has 3 aromatic rings. The van der Waals surface area contributed by atoms with Gasteiger partial charge < -0.3 is 0 Å². The van der Waals surface area contributed by atoms with Gasteiger partial charge in [-0.2, -0.15) is 0 Å². The zero-order valence-electron chi connectivity index (χ0n) is 10.8. The first-order valence-corrected chi connectivity index (χ1v) is 6.96. The third-order valence-corrected chi connectivity index (χ3v) is 4.74. The van der Waals surface area contributed by atoms with Crippen LogP contribution in [0.3, 0.4) is 0 Å². The summed E-state index contributed by atoms with van der Waals surface area (Å²) >= 11 is 3.79. The van der Waals surface area contributed by atoms with E-state index in [1.807, 2.05) is 0 Å². The number of hydrogen-bond acceptors (Lipinski definition) is 0. The molecular formula is C17H15Br. The van der Waals surface area contributed by atoms with Crippen molar-refractivity contribution < 1.29 is 0 Å².